The van der Waals surface area contributed by atoms with Crippen molar-refractivity contribution in [2.45, 2.75) is 46.2 Å². The Morgan fingerprint density at radius 3 is 2.53 bits per heavy atom. The summed E-state index contributed by atoms with van der Waals surface area (Å²) in [6.07, 6.45) is 0.571. The summed E-state index contributed by atoms with van der Waals surface area (Å²) in [4.78, 5) is 14.0. The monoisotopic (exact) mass is 242 g/mol. The first-order valence-corrected chi connectivity index (χ1v) is 6.59. The average Bonchev–Trinajstić information content (AvgIpc) is 2.27. The van der Waals surface area contributed by atoms with E-state index in [-0.39, 0.29) is 18.6 Å². The smallest absolute Gasteiger partial charge is 0.223 e. The molecule has 4 heteroatoms. The molecule has 1 heterocycles. The minimum atomic E-state index is -0.0590. The fourth-order valence-electron chi connectivity index (χ4n) is 2.20. The minimum absolute atomic E-state index is 0.0433. The predicted molar refractivity (Wildman–Crippen MR) is 68.7 cm³/mol. The molecule has 0 saturated carbocycles. The van der Waals surface area contributed by atoms with Crippen LogP contribution in [0.3, 0.4) is 0 Å². The molecule has 2 unspecified atom stereocenters. The highest BCUT2D eigenvalue weighted by atomic mass is 16.3. The number of rotatable bonds is 4. The molecule has 2 atom stereocenters. The Morgan fingerprint density at radius 1 is 1.41 bits per heavy atom. The van der Waals surface area contributed by atoms with Gasteiger partial charge in [-0.3, -0.25) is 4.79 Å². The highest BCUT2D eigenvalue weighted by Gasteiger charge is 2.31. The molecule has 1 amide bonds. The summed E-state index contributed by atoms with van der Waals surface area (Å²) < 4.78 is 0. The van der Waals surface area contributed by atoms with Gasteiger partial charge in [-0.2, -0.15) is 0 Å². The van der Waals surface area contributed by atoms with Crippen molar-refractivity contribution in [2.24, 2.45) is 11.8 Å². The summed E-state index contributed by atoms with van der Waals surface area (Å²) in [5.74, 6) is 1.05. The van der Waals surface area contributed by atoms with Crippen LogP contribution in [0.25, 0.3) is 0 Å². The van der Waals surface area contributed by atoms with E-state index in [9.17, 15) is 9.90 Å². The van der Waals surface area contributed by atoms with Gasteiger partial charge >= 0.3 is 0 Å². The van der Waals surface area contributed by atoms with E-state index in [1.807, 2.05) is 18.7 Å². The van der Waals surface area contributed by atoms with Gasteiger partial charge in [-0.25, -0.2) is 0 Å². The van der Waals surface area contributed by atoms with Crippen molar-refractivity contribution in [3.05, 3.63) is 0 Å². The molecule has 0 radical (unpaired) electrons. The molecule has 2 N–H and O–H groups in total. The lowest BCUT2D eigenvalue weighted by Crippen LogP contribution is -2.61. The Balaban J connectivity index is 2.65. The lowest BCUT2D eigenvalue weighted by Gasteiger charge is -2.41. The molecule has 1 fully saturated rings. The third-order valence-corrected chi connectivity index (χ3v) is 3.37. The quantitative estimate of drug-likeness (QED) is 0.768. The van der Waals surface area contributed by atoms with Gasteiger partial charge in [0, 0.05) is 25.6 Å². The maximum atomic E-state index is 12.1. The van der Waals surface area contributed by atoms with Crippen molar-refractivity contribution in [1.82, 2.24) is 10.2 Å². The van der Waals surface area contributed by atoms with Gasteiger partial charge in [-0.15, -0.1) is 0 Å². The third-order valence-electron chi connectivity index (χ3n) is 3.37. The van der Waals surface area contributed by atoms with E-state index in [2.05, 4.69) is 19.2 Å². The minimum Gasteiger partial charge on any atom is -0.394 e. The number of hydrogen-bond acceptors (Lipinski definition) is 3. The molecule has 0 aromatic heterocycles. The van der Waals surface area contributed by atoms with Crippen molar-refractivity contribution < 1.29 is 9.90 Å². The molecule has 0 aromatic rings. The van der Waals surface area contributed by atoms with Crippen molar-refractivity contribution in [3.63, 3.8) is 0 Å². The fraction of sp³-hybridized carbons (Fsp3) is 0.923. The van der Waals surface area contributed by atoms with Gasteiger partial charge < -0.3 is 15.3 Å². The van der Waals surface area contributed by atoms with Crippen molar-refractivity contribution in [3.8, 4) is 0 Å². The summed E-state index contributed by atoms with van der Waals surface area (Å²) in [6, 6.07) is 0.283. The number of nitrogens with zero attached hydrogens (tertiary/aromatic N) is 1. The lowest BCUT2D eigenvalue weighted by molar-refractivity contribution is -0.137. The molecule has 1 aliphatic rings. The molecule has 100 valence electrons. The molecule has 1 saturated heterocycles. The largest absolute Gasteiger partial charge is 0.394 e. The van der Waals surface area contributed by atoms with Crippen LogP contribution in [0.2, 0.25) is 0 Å². The van der Waals surface area contributed by atoms with E-state index < -0.39 is 0 Å². The van der Waals surface area contributed by atoms with Crippen LogP contribution in [0.1, 0.15) is 34.1 Å². The number of aliphatic hydroxyl groups is 1. The molecule has 4 nitrogen and oxygen atoms in total. The molecular weight excluding hydrogens is 216 g/mol. The Bertz CT molecular complexity index is 254. The first-order valence-electron chi connectivity index (χ1n) is 6.59. The third kappa shape index (κ3) is 3.96. The van der Waals surface area contributed by atoms with Crippen LogP contribution in [0.5, 0.6) is 0 Å². The summed E-state index contributed by atoms with van der Waals surface area (Å²) >= 11 is 0. The topological polar surface area (TPSA) is 52.6 Å². The van der Waals surface area contributed by atoms with E-state index in [1.165, 1.54) is 0 Å². The van der Waals surface area contributed by atoms with Gasteiger partial charge in [0.15, 0.2) is 0 Å². The molecule has 1 rings (SSSR count). The standard InChI is InChI=1S/C13H26N2O2/c1-9(2)5-13(17)15-7-12(10(3)4)14-6-11(15)8-16/h9-12,14,16H,5-8H2,1-4H3. The van der Waals surface area contributed by atoms with Crippen LogP contribution in [0.4, 0.5) is 0 Å². The number of hydrogen-bond donors (Lipinski definition) is 2. The van der Waals surface area contributed by atoms with Gasteiger partial charge in [0.05, 0.1) is 12.6 Å². The summed E-state index contributed by atoms with van der Waals surface area (Å²) in [5, 5.41) is 12.7. The zero-order valence-corrected chi connectivity index (χ0v) is 11.4. The second-order valence-corrected chi connectivity index (χ2v) is 5.74. The first kappa shape index (κ1) is 14.5. The lowest BCUT2D eigenvalue weighted by atomic mass is 9.98. The summed E-state index contributed by atoms with van der Waals surface area (Å²) in [7, 11) is 0. The number of amides is 1. The van der Waals surface area contributed by atoms with E-state index >= 15 is 0 Å². The van der Waals surface area contributed by atoms with E-state index in [0.29, 0.717) is 37.4 Å². The number of nitrogens with one attached hydrogen (secondary N) is 1. The predicted octanol–water partition coefficient (Wildman–Crippen LogP) is 0.850. The second-order valence-electron chi connectivity index (χ2n) is 5.74. The number of carbonyl (C=O) groups is 1. The molecule has 1 aliphatic heterocycles. The Labute approximate surface area is 104 Å². The number of carbonyl (C=O) groups excluding carboxylic acids is 1. The zero-order valence-electron chi connectivity index (χ0n) is 11.4. The molecule has 0 aliphatic carbocycles. The highest BCUT2D eigenvalue weighted by Crippen LogP contribution is 2.15. The summed E-state index contributed by atoms with van der Waals surface area (Å²) in [6.45, 7) is 9.87. The van der Waals surface area contributed by atoms with Gasteiger partial charge in [0.1, 0.15) is 0 Å². The number of piperazine rings is 1. The second kappa shape index (κ2) is 6.36. The number of aliphatic hydroxyl groups excluding tert-OH is 1. The Kier molecular flexibility index (Phi) is 5.40. The molecule has 0 spiro atoms. The maximum Gasteiger partial charge on any atom is 0.223 e. The van der Waals surface area contributed by atoms with Crippen LogP contribution >= 0.6 is 0 Å². The van der Waals surface area contributed by atoms with Crippen molar-refractivity contribution in [1.29, 1.82) is 0 Å². The van der Waals surface area contributed by atoms with Crippen LogP contribution in [-0.4, -0.2) is 47.7 Å². The van der Waals surface area contributed by atoms with Gasteiger partial charge in [0.2, 0.25) is 5.91 Å². The molecule has 0 aromatic carbocycles. The molecular formula is C13H26N2O2. The van der Waals surface area contributed by atoms with Gasteiger partial charge in [-0.05, 0) is 11.8 Å². The molecule has 0 bridgehead atoms. The molecule has 17 heavy (non-hydrogen) atoms. The Hall–Kier alpha value is -0.610. The van der Waals surface area contributed by atoms with E-state index in [4.69, 9.17) is 0 Å². The van der Waals surface area contributed by atoms with Crippen LogP contribution < -0.4 is 5.32 Å². The first-order chi connectivity index (χ1) is 7.95. The average molecular weight is 242 g/mol. The van der Waals surface area contributed by atoms with E-state index in [1.54, 1.807) is 0 Å². The van der Waals surface area contributed by atoms with Crippen molar-refractivity contribution in [2.75, 3.05) is 19.7 Å². The van der Waals surface area contributed by atoms with Crippen LogP contribution in [-0.2, 0) is 4.79 Å². The fourth-order valence-corrected chi connectivity index (χ4v) is 2.20. The Morgan fingerprint density at radius 2 is 2.06 bits per heavy atom. The van der Waals surface area contributed by atoms with E-state index in [0.717, 1.165) is 0 Å². The zero-order chi connectivity index (χ0) is 13.0. The van der Waals surface area contributed by atoms with Gasteiger partial charge in [-0.1, -0.05) is 27.7 Å². The van der Waals surface area contributed by atoms with Crippen LogP contribution in [0.15, 0.2) is 0 Å². The van der Waals surface area contributed by atoms with Crippen molar-refractivity contribution >= 4 is 5.91 Å². The van der Waals surface area contributed by atoms with Gasteiger partial charge in [0.25, 0.3) is 0 Å². The maximum absolute atomic E-state index is 12.1. The normalized spacial score (nSPS) is 25.7. The SMILES string of the molecule is CC(C)CC(=O)N1CC(C(C)C)NCC1CO. The highest BCUT2D eigenvalue weighted by molar-refractivity contribution is 5.77. The summed E-state index contributed by atoms with van der Waals surface area (Å²) in [5.41, 5.74) is 0. The van der Waals surface area contributed by atoms with Crippen LogP contribution in [0, 0.1) is 11.8 Å².